The Morgan fingerprint density at radius 1 is 1.27 bits per heavy atom. The van der Waals surface area contributed by atoms with E-state index in [-0.39, 0.29) is 5.91 Å². The molecule has 0 unspecified atom stereocenters. The first-order valence-corrected chi connectivity index (χ1v) is 5.36. The van der Waals surface area contributed by atoms with Crippen LogP contribution < -0.4 is 5.32 Å². The topological polar surface area (TPSA) is 29.1 Å². The molecule has 1 N–H and O–H groups in total. The van der Waals surface area contributed by atoms with Crippen LogP contribution in [0.25, 0.3) is 0 Å². The second-order valence-corrected chi connectivity index (χ2v) is 3.71. The molecule has 0 aliphatic heterocycles. The Morgan fingerprint density at radius 3 is 2.27 bits per heavy atom. The lowest BCUT2D eigenvalue weighted by Crippen LogP contribution is -2.07. The van der Waals surface area contributed by atoms with Gasteiger partial charge in [0.15, 0.2) is 0 Å². The highest BCUT2D eigenvalue weighted by atomic mass is 16.1. The highest BCUT2D eigenvalue weighted by molar-refractivity contribution is 5.89. The van der Waals surface area contributed by atoms with Gasteiger partial charge in [-0.15, -0.1) is 0 Å². The van der Waals surface area contributed by atoms with Gasteiger partial charge in [-0.2, -0.15) is 0 Å². The fourth-order valence-corrected chi connectivity index (χ4v) is 1.06. The number of nitrogens with one attached hydrogen (secondary N) is 1. The van der Waals surface area contributed by atoms with Crippen molar-refractivity contribution in [3.05, 3.63) is 29.3 Å². The van der Waals surface area contributed by atoms with Crippen molar-refractivity contribution >= 4 is 11.6 Å². The van der Waals surface area contributed by atoms with Gasteiger partial charge in [0.2, 0.25) is 5.91 Å². The Labute approximate surface area is 92.7 Å². The van der Waals surface area contributed by atoms with Crippen molar-refractivity contribution in [2.45, 2.75) is 41.0 Å². The molecule has 0 aliphatic rings. The van der Waals surface area contributed by atoms with Gasteiger partial charge in [0.1, 0.15) is 0 Å². The predicted octanol–water partition coefficient (Wildman–Crippen LogP) is 3.68. The molecule has 0 radical (unpaired) electrons. The molecule has 2 heteroatoms. The highest BCUT2D eigenvalue weighted by Crippen LogP contribution is 2.15. The molecular weight excluding hydrogens is 186 g/mol. The lowest BCUT2D eigenvalue weighted by molar-refractivity contribution is -0.114. The van der Waals surface area contributed by atoms with Crippen LogP contribution in [0.15, 0.2) is 18.2 Å². The molecule has 1 aromatic rings. The van der Waals surface area contributed by atoms with Crippen LogP contribution >= 0.6 is 0 Å². The first kappa shape index (κ1) is 13.7. The quantitative estimate of drug-likeness (QED) is 0.747. The van der Waals surface area contributed by atoms with E-state index in [1.165, 1.54) is 13.3 Å². The van der Waals surface area contributed by atoms with Gasteiger partial charge in [-0.05, 0) is 31.0 Å². The van der Waals surface area contributed by atoms with Gasteiger partial charge < -0.3 is 5.32 Å². The summed E-state index contributed by atoms with van der Waals surface area (Å²) < 4.78 is 0. The second kappa shape index (κ2) is 7.04. The van der Waals surface area contributed by atoms with Crippen LogP contribution in [-0.4, -0.2) is 5.91 Å². The summed E-state index contributed by atoms with van der Waals surface area (Å²) in [6.45, 7) is 9.75. The molecule has 0 aliphatic carbocycles. The van der Waals surface area contributed by atoms with Gasteiger partial charge in [0.05, 0.1) is 0 Å². The van der Waals surface area contributed by atoms with Crippen LogP contribution in [0, 0.1) is 13.8 Å². The smallest absolute Gasteiger partial charge is 0.221 e. The van der Waals surface area contributed by atoms with Crippen LogP contribution in [0.1, 0.15) is 38.3 Å². The minimum absolute atomic E-state index is 0.0244. The zero-order valence-corrected chi connectivity index (χ0v) is 10.3. The SMILES string of the molecule is CC(=O)Nc1cc(C)ccc1C.CCC. The number of hydrogen-bond acceptors (Lipinski definition) is 1. The monoisotopic (exact) mass is 207 g/mol. The minimum atomic E-state index is -0.0244. The van der Waals surface area contributed by atoms with Crippen molar-refractivity contribution in [2.24, 2.45) is 0 Å². The van der Waals surface area contributed by atoms with E-state index >= 15 is 0 Å². The summed E-state index contributed by atoms with van der Waals surface area (Å²) in [6.07, 6.45) is 1.25. The van der Waals surface area contributed by atoms with E-state index in [9.17, 15) is 4.79 Å². The molecule has 15 heavy (non-hydrogen) atoms. The van der Waals surface area contributed by atoms with Gasteiger partial charge >= 0.3 is 0 Å². The van der Waals surface area contributed by atoms with Gasteiger partial charge in [-0.1, -0.05) is 32.4 Å². The third kappa shape index (κ3) is 5.89. The average Bonchev–Trinajstić information content (AvgIpc) is 2.12. The summed E-state index contributed by atoms with van der Waals surface area (Å²) in [5.74, 6) is -0.0244. The zero-order valence-electron chi connectivity index (χ0n) is 10.3. The molecule has 0 aromatic heterocycles. The molecule has 0 saturated carbocycles. The third-order valence-corrected chi connectivity index (χ3v) is 1.70. The summed E-state index contributed by atoms with van der Waals surface area (Å²) in [5, 5.41) is 2.77. The average molecular weight is 207 g/mol. The van der Waals surface area contributed by atoms with Crippen LogP contribution in [0.3, 0.4) is 0 Å². The fraction of sp³-hybridized carbons (Fsp3) is 0.462. The van der Waals surface area contributed by atoms with E-state index in [2.05, 4.69) is 19.2 Å². The molecule has 1 amide bonds. The zero-order chi connectivity index (χ0) is 11.8. The van der Waals surface area contributed by atoms with Crippen molar-refractivity contribution in [1.82, 2.24) is 0 Å². The molecule has 0 heterocycles. The predicted molar refractivity (Wildman–Crippen MR) is 66.2 cm³/mol. The second-order valence-electron chi connectivity index (χ2n) is 3.71. The molecule has 0 fully saturated rings. The van der Waals surface area contributed by atoms with Gasteiger partial charge in [-0.25, -0.2) is 0 Å². The van der Waals surface area contributed by atoms with Crippen molar-refractivity contribution in [1.29, 1.82) is 0 Å². The maximum atomic E-state index is 10.8. The first-order valence-electron chi connectivity index (χ1n) is 5.36. The Morgan fingerprint density at radius 2 is 1.80 bits per heavy atom. The molecule has 0 spiro atoms. The normalized spacial score (nSPS) is 8.87. The number of hydrogen-bond donors (Lipinski definition) is 1. The molecule has 1 aromatic carbocycles. The molecule has 0 bridgehead atoms. The molecule has 84 valence electrons. The van der Waals surface area contributed by atoms with Crippen molar-refractivity contribution in [3.63, 3.8) is 0 Å². The van der Waals surface area contributed by atoms with Crippen molar-refractivity contribution in [3.8, 4) is 0 Å². The van der Waals surface area contributed by atoms with E-state index in [1.807, 2.05) is 32.0 Å². The summed E-state index contributed by atoms with van der Waals surface area (Å²) in [5.41, 5.74) is 3.16. The standard InChI is InChI=1S/C10H13NO.C3H8/c1-7-4-5-8(2)10(6-7)11-9(3)12;1-3-2/h4-6H,1-3H3,(H,11,12);3H2,1-2H3. The summed E-state index contributed by atoms with van der Waals surface area (Å²) in [6, 6.07) is 6.00. The summed E-state index contributed by atoms with van der Waals surface area (Å²) >= 11 is 0. The summed E-state index contributed by atoms with van der Waals surface area (Å²) in [7, 11) is 0. The molecule has 2 nitrogen and oxygen atoms in total. The van der Waals surface area contributed by atoms with E-state index in [4.69, 9.17) is 0 Å². The van der Waals surface area contributed by atoms with E-state index < -0.39 is 0 Å². The number of amides is 1. The largest absolute Gasteiger partial charge is 0.326 e. The number of aryl methyl sites for hydroxylation is 2. The Bertz CT molecular complexity index is 318. The number of rotatable bonds is 1. The molecule has 0 atom stereocenters. The lowest BCUT2D eigenvalue weighted by Gasteiger charge is -2.06. The number of carbonyl (C=O) groups is 1. The highest BCUT2D eigenvalue weighted by Gasteiger charge is 1.98. The molecular formula is C13H21NO. The maximum Gasteiger partial charge on any atom is 0.221 e. The lowest BCUT2D eigenvalue weighted by atomic mass is 10.1. The Hall–Kier alpha value is -1.31. The fourth-order valence-electron chi connectivity index (χ4n) is 1.06. The van der Waals surface area contributed by atoms with Gasteiger partial charge in [0.25, 0.3) is 0 Å². The molecule has 0 saturated heterocycles. The number of carbonyl (C=O) groups excluding carboxylic acids is 1. The van der Waals surface area contributed by atoms with Gasteiger partial charge in [0, 0.05) is 12.6 Å². The van der Waals surface area contributed by atoms with Crippen LogP contribution in [-0.2, 0) is 4.79 Å². The van der Waals surface area contributed by atoms with Crippen LogP contribution in [0.2, 0.25) is 0 Å². The number of benzene rings is 1. The minimum Gasteiger partial charge on any atom is -0.326 e. The van der Waals surface area contributed by atoms with Crippen LogP contribution in [0.5, 0.6) is 0 Å². The van der Waals surface area contributed by atoms with E-state index in [0.717, 1.165) is 16.8 Å². The molecule has 1 rings (SSSR count). The van der Waals surface area contributed by atoms with E-state index in [0.29, 0.717) is 0 Å². The maximum absolute atomic E-state index is 10.8. The third-order valence-electron chi connectivity index (χ3n) is 1.70. The Balaban J connectivity index is 0.000000583. The van der Waals surface area contributed by atoms with Crippen molar-refractivity contribution in [2.75, 3.05) is 5.32 Å². The van der Waals surface area contributed by atoms with Crippen molar-refractivity contribution < 1.29 is 4.79 Å². The number of anilines is 1. The van der Waals surface area contributed by atoms with Crippen LogP contribution in [0.4, 0.5) is 5.69 Å². The van der Waals surface area contributed by atoms with E-state index in [1.54, 1.807) is 0 Å². The van der Waals surface area contributed by atoms with Gasteiger partial charge in [-0.3, -0.25) is 4.79 Å². The summed E-state index contributed by atoms with van der Waals surface area (Å²) in [4.78, 5) is 10.8. The first-order chi connectivity index (χ1) is 7.01. The Kier molecular flexibility index (Phi) is 6.43.